The van der Waals surface area contributed by atoms with Gasteiger partial charge in [-0.25, -0.2) is 4.39 Å². The summed E-state index contributed by atoms with van der Waals surface area (Å²) >= 11 is 1.17. The van der Waals surface area contributed by atoms with E-state index in [1.807, 2.05) is 0 Å². The molecule has 3 rings (SSSR count). The molecular formula is C20H15F3N2O4S. The van der Waals surface area contributed by atoms with Gasteiger partial charge in [0.1, 0.15) is 5.82 Å². The topological polar surface area (TPSA) is 76.7 Å². The first-order valence-corrected chi connectivity index (χ1v) is 9.28. The van der Waals surface area contributed by atoms with Gasteiger partial charge in [0.2, 0.25) is 0 Å². The lowest BCUT2D eigenvalue weighted by Gasteiger charge is -2.11. The highest BCUT2D eigenvalue weighted by molar-refractivity contribution is 7.17. The van der Waals surface area contributed by atoms with Crippen molar-refractivity contribution in [1.29, 1.82) is 0 Å². The van der Waals surface area contributed by atoms with Crippen molar-refractivity contribution < 1.29 is 32.2 Å². The first-order chi connectivity index (χ1) is 14.4. The number of carbonyl (C=O) groups excluding carboxylic acids is 2. The Balaban J connectivity index is 1.63. The zero-order chi connectivity index (χ0) is 21.7. The third-order valence-electron chi connectivity index (χ3n) is 3.89. The van der Waals surface area contributed by atoms with E-state index >= 15 is 0 Å². The van der Waals surface area contributed by atoms with Crippen molar-refractivity contribution in [2.45, 2.75) is 6.61 Å². The zero-order valence-electron chi connectivity index (χ0n) is 15.4. The Hall–Kier alpha value is -3.53. The van der Waals surface area contributed by atoms with Crippen LogP contribution < -0.4 is 20.3 Å². The number of ether oxygens (including phenoxy) is 2. The SMILES string of the molecule is COc1cc(C(=O)NNC(=O)c2ccc(-c3ccc(F)cc3)s2)ccc1OC(F)F. The van der Waals surface area contributed by atoms with E-state index in [1.54, 1.807) is 24.3 Å². The van der Waals surface area contributed by atoms with E-state index in [2.05, 4.69) is 15.6 Å². The molecule has 2 amide bonds. The molecular weight excluding hydrogens is 421 g/mol. The van der Waals surface area contributed by atoms with E-state index in [4.69, 9.17) is 4.74 Å². The Kier molecular flexibility index (Phi) is 6.58. The van der Waals surface area contributed by atoms with Crippen molar-refractivity contribution in [2.75, 3.05) is 7.11 Å². The van der Waals surface area contributed by atoms with E-state index in [0.717, 1.165) is 16.5 Å². The smallest absolute Gasteiger partial charge is 0.387 e. The molecule has 3 aromatic rings. The van der Waals surface area contributed by atoms with Gasteiger partial charge in [0, 0.05) is 10.4 Å². The first kappa shape index (κ1) is 21.2. The highest BCUT2D eigenvalue weighted by Crippen LogP contribution is 2.30. The molecule has 1 aromatic heterocycles. The monoisotopic (exact) mass is 436 g/mol. The average Bonchev–Trinajstić information content (AvgIpc) is 3.22. The fourth-order valence-electron chi connectivity index (χ4n) is 2.48. The second kappa shape index (κ2) is 9.31. The van der Waals surface area contributed by atoms with Crippen LogP contribution in [0.15, 0.2) is 54.6 Å². The molecule has 0 spiro atoms. The molecule has 1 heterocycles. The van der Waals surface area contributed by atoms with Gasteiger partial charge in [-0.3, -0.25) is 20.4 Å². The van der Waals surface area contributed by atoms with E-state index in [9.17, 15) is 22.8 Å². The average molecular weight is 436 g/mol. The molecule has 0 aliphatic rings. The van der Waals surface area contributed by atoms with Crippen LogP contribution in [0, 0.1) is 5.82 Å². The van der Waals surface area contributed by atoms with Crippen molar-refractivity contribution in [3.05, 3.63) is 70.9 Å². The minimum absolute atomic E-state index is 0.0588. The number of nitrogens with one attached hydrogen (secondary N) is 2. The number of benzene rings is 2. The quantitative estimate of drug-likeness (QED) is 0.567. The number of methoxy groups -OCH3 is 1. The van der Waals surface area contributed by atoms with Crippen molar-refractivity contribution >= 4 is 23.2 Å². The molecule has 0 aliphatic heterocycles. The number of amides is 2. The molecule has 30 heavy (non-hydrogen) atoms. The number of alkyl halides is 2. The Bertz CT molecular complexity index is 1050. The lowest BCUT2D eigenvalue weighted by Crippen LogP contribution is -2.41. The summed E-state index contributed by atoms with van der Waals surface area (Å²) in [6.07, 6.45) is 0. The third kappa shape index (κ3) is 5.09. The number of hydrazine groups is 1. The lowest BCUT2D eigenvalue weighted by atomic mass is 10.2. The van der Waals surface area contributed by atoms with E-state index in [-0.39, 0.29) is 22.9 Å². The van der Waals surface area contributed by atoms with Gasteiger partial charge >= 0.3 is 6.61 Å². The van der Waals surface area contributed by atoms with Gasteiger partial charge in [-0.1, -0.05) is 12.1 Å². The third-order valence-corrected chi connectivity index (χ3v) is 5.02. The minimum atomic E-state index is -3.04. The Morgan fingerprint density at radius 3 is 2.30 bits per heavy atom. The predicted octanol–water partition coefficient (Wildman–Crippen LogP) is 4.24. The number of thiophene rings is 1. The predicted molar refractivity (Wildman–Crippen MR) is 104 cm³/mol. The largest absolute Gasteiger partial charge is 0.493 e. The van der Waals surface area contributed by atoms with Gasteiger partial charge in [0.15, 0.2) is 11.5 Å². The molecule has 0 atom stereocenters. The van der Waals surface area contributed by atoms with Gasteiger partial charge < -0.3 is 9.47 Å². The van der Waals surface area contributed by atoms with Crippen LogP contribution in [-0.2, 0) is 0 Å². The Labute approximate surface area is 173 Å². The summed E-state index contributed by atoms with van der Waals surface area (Å²) < 4.78 is 47.0. The summed E-state index contributed by atoms with van der Waals surface area (Å²) in [5.74, 6) is -1.87. The number of rotatable bonds is 6. The van der Waals surface area contributed by atoms with Gasteiger partial charge in [0.05, 0.1) is 12.0 Å². The van der Waals surface area contributed by atoms with Crippen molar-refractivity contribution in [2.24, 2.45) is 0 Å². The second-order valence-electron chi connectivity index (χ2n) is 5.82. The lowest BCUT2D eigenvalue weighted by molar-refractivity contribution is -0.0512. The number of hydrogen-bond acceptors (Lipinski definition) is 5. The fourth-order valence-corrected chi connectivity index (χ4v) is 3.39. The molecule has 0 fully saturated rings. The molecule has 0 aliphatic carbocycles. The second-order valence-corrected chi connectivity index (χ2v) is 6.91. The van der Waals surface area contributed by atoms with Crippen LogP contribution in [0.2, 0.25) is 0 Å². The molecule has 0 unspecified atom stereocenters. The molecule has 2 N–H and O–H groups in total. The molecule has 0 radical (unpaired) electrons. The summed E-state index contributed by atoms with van der Waals surface area (Å²) in [5.41, 5.74) is 5.33. The molecule has 0 saturated carbocycles. The van der Waals surface area contributed by atoms with Gasteiger partial charge in [-0.05, 0) is 48.0 Å². The number of carbonyl (C=O) groups is 2. The zero-order valence-corrected chi connectivity index (χ0v) is 16.3. The van der Waals surface area contributed by atoms with Crippen molar-refractivity contribution in [3.63, 3.8) is 0 Å². The maximum absolute atomic E-state index is 13.0. The summed E-state index contributed by atoms with van der Waals surface area (Å²) in [4.78, 5) is 25.6. The maximum Gasteiger partial charge on any atom is 0.387 e. The van der Waals surface area contributed by atoms with Crippen LogP contribution in [0.25, 0.3) is 10.4 Å². The van der Waals surface area contributed by atoms with Crippen LogP contribution in [-0.4, -0.2) is 25.5 Å². The molecule has 0 bridgehead atoms. The van der Waals surface area contributed by atoms with Crippen LogP contribution in [0.4, 0.5) is 13.2 Å². The van der Waals surface area contributed by atoms with Gasteiger partial charge in [0.25, 0.3) is 11.8 Å². The fraction of sp³-hybridized carbons (Fsp3) is 0.100. The van der Waals surface area contributed by atoms with Crippen LogP contribution in [0.1, 0.15) is 20.0 Å². The first-order valence-electron chi connectivity index (χ1n) is 8.46. The van der Waals surface area contributed by atoms with Gasteiger partial charge in [-0.2, -0.15) is 8.78 Å². The standard InChI is InChI=1S/C20H15F3N2O4S/c1-28-15-10-12(4-7-14(15)29-20(22)23)18(26)24-25-19(27)17-9-8-16(30-17)11-2-5-13(21)6-3-11/h2-10,20H,1H3,(H,24,26)(H,25,27). The van der Waals surface area contributed by atoms with Crippen LogP contribution >= 0.6 is 11.3 Å². The summed E-state index contributed by atoms with van der Waals surface area (Å²) in [7, 11) is 1.24. The van der Waals surface area contributed by atoms with Crippen LogP contribution in [0.5, 0.6) is 11.5 Å². The Morgan fingerprint density at radius 2 is 1.63 bits per heavy atom. The molecule has 156 valence electrons. The number of hydrogen-bond donors (Lipinski definition) is 2. The number of halogens is 3. The van der Waals surface area contributed by atoms with E-state index in [1.165, 1.54) is 42.7 Å². The highest BCUT2D eigenvalue weighted by Gasteiger charge is 2.16. The highest BCUT2D eigenvalue weighted by atomic mass is 32.1. The van der Waals surface area contributed by atoms with Gasteiger partial charge in [-0.15, -0.1) is 11.3 Å². The molecule has 10 heteroatoms. The van der Waals surface area contributed by atoms with Crippen LogP contribution in [0.3, 0.4) is 0 Å². The minimum Gasteiger partial charge on any atom is -0.493 e. The summed E-state index contributed by atoms with van der Waals surface area (Å²) in [5, 5.41) is 0. The Morgan fingerprint density at radius 1 is 0.933 bits per heavy atom. The summed E-state index contributed by atoms with van der Waals surface area (Å²) in [6, 6.07) is 12.7. The normalized spacial score (nSPS) is 10.6. The van der Waals surface area contributed by atoms with Crippen molar-refractivity contribution in [1.82, 2.24) is 10.9 Å². The molecule has 6 nitrogen and oxygen atoms in total. The van der Waals surface area contributed by atoms with E-state index in [0.29, 0.717) is 4.88 Å². The van der Waals surface area contributed by atoms with Crippen molar-refractivity contribution in [3.8, 4) is 21.9 Å². The van der Waals surface area contributed by atoms with E-state index < -0.39 is 18.4 Å². The molecule has 0 saturated heterocycles. The maximum atomic E-state index is 13.0. The molecule has 2 aromatic carbocycles. The summed E-state index contributed by atoms with van der Waals surface area (Å²) in [6.45, 7) is -3.04.